The molecule has 0 bridgehead atoms. The van der Waals surface area contributed by atoms with Gasteiger partial charge in [-0.2, -0.15) is 4.31 Å². The molecule has 3 fully saturated rings. The van der Waals surface area contributed by atoms with E-state index in [0.29, 0.717) is 17.9 Å². The Morgan fingerprint density at radius 1 is 1.10 bits per heavy atom. The van der Waals surface area contributed by atoms with Crippen LogP contribution in [0.4, 0.5) is 0 Å². The van der Waals surface area contributed by atoms with Gasteiger partial charge in [-0.05, 0) is 41.9 Å². The summed E-state index contributed by atoms with van der Waals surface area (Å²) >= 11 is 0. The maximum absolute atomic E-state index is 13.8. The SMILES string of the molecule is CC(C)(C)c1ccc(C(=O)NC(CC2CC2)C(=O)N2CCC3C2C(=O)CN3S(=O)(=O)C2=NC=CCC2=O)cc1. The lowest BCUT2D eigenvalue weighted by Crippen LogP contribution is -2.52. The summed E-state index contributed by atoms with van der Waals surface area (Å²) in [5, 5.41) is 2.32. The van der Waals surface area contributed by atoms with Crippen molar-refractivity contribution in [3.63, 3.8) is 0 Å². The minimum Gasteiger partial charge on any atom is -0.340 e. The maximum atomic E-state index is 13.8. The third-order valence-electron chi connectivity index (χ3n) is 7.94. The molecule has 10 nitrogen and oxygen atoms in total. The lowest BCUT2D eigenvalue weighted by molar-refractivity contribution is -0.138. The number of hydrogen-bond donors (Lipinski definition) is 1. The minimum absolute atomic E-state index is 0.0610. The van der Waals surface area contributed by atoms with Crippen molar-refractivity contribution in [2.45, 2.75) is 76.4 Å². The maximum Gasteiger partial charge on any atom is 0.264 e. The third kappa shape index (κ3) is 5.34. The van der Waals surface area contributed by atoms with Gasteiger partial charge in [-0.15, -0.1) is 0 Å². The van der Waals surface area contributed by atoms with Gasteiger partial charge in [0.2, 0.25) is 11.0 Å². The third-order valence-corrected chi connectivity index (χ3v) is 9.77. The van der Waals surface area contributed by atoms with Gasteiger partial charge in [-0.25, -0.2) is 13.4 Å². The van der Waals surface area contributed by atoms with Gasteiger partial charge in [0.1, 0.15) is 12.1 Å². The Labute approximate surface area is 228 Å². The Morgan fingerprint density at radius 3 is 2.41 bits per heavy atom. The van der Waals surface area contributed by atoms with Gasteiger partial charge in [-0.3, -0.25) is 19.2 Å². The Morgan fingerprint density at radius 2 is 1.79 bits per heavy atom. The number of sulfonamides is 1. The van der Waals surface area contributed by atoms with Gasteiger partial charge in [0.15, 0.2) is 11.6 Å². The monoisotopic (exact) mass is 554 g/mol. The first kappa shape index (κ1) is 27.4. The van der Waals surface area contributed by atoms with Crippen LogP contribution in [0.3, 0.4) is 0 Å². The molecular formula is C28H34N4O6S. The molecule has 208 valence electrons. The lowest BCUT2D eigenvalue weighted by atomic mass is 9.86. The average molecular weight is 555 g/mol. The summed E-state index contributed by atoms with van der Waals surface area (Å²) in [4.78, 5) is 57.4. The molecule has 1 N–H and O–H groups in total. The second-order valence-corrected chi connectivity index (χ2v) is 13.6. The Balaban J connectivity index is 1.33. The van der Waals surface area contributed by atoms with E-state index in [9.17, 15) is 27.6 Å². The number of nitrogens with zero attached hydrogens (tertiary/aromatic N) is 3. The normalized spacial score (nSPS) is 24.5. The number of ketones is 2. The molecule has 0 spiro atoms. The number of aliphatic imine (C=N–C) groups is 1. The number of nitrogens with one attached hydrogen (secondary N) is 1. The summed E-state index contributed by atoms with van der Waals surface area (Å²) in [5.41, 5.74) is 1.47. The smallest absolute Gasteiger partial charge is 0.264 e. The summed E-state index contributed by atoms with van der Waals surface area (Å²) in [6.45, 7) is 6.03. The van der Waals surface area contributed by atoms with Gasteiger partial charge in [0, 0.05) is 24.7 Å². The van der Waals surface area contributed by atoms with Gasteiger partial charge in [0.25, 0.3) is 15.9 Å². The zero-order valence-electron chi connectivity index (χ0n) is 22.4. The molecule has 11 heteroatoms. The highest BCUT2D eigenvalue weighted by molar-refractivity contribution is 8.06. The number of benzene rings is 1. The molecule has 0 aromatic heterocycles. The predicted octanol–water partition coefficient (Wildman–Crippen LogP) is 1.95. The molecule has 1 aromatic carbocycles. The molecule has 3 atom stereocenters. The van der Waals surface area contributed by atoms with E-state index in [2.05, 4.69) is 31.1 Å². The van der Waals surface area contributed by atoms with Gasteiger partial charge >= 0.3 is 0 Å². The average Bonchev–Trinajstić information content (AvgIpc) is 3.49. The molecule has 1 aromatic rings. The Hall–Kier alpha value is -3.18. The highest BCUT2D eigenvalue weighted by Gasteiger charge is 2.55. The first-order chi connectivity index (χ1) is 18.4. The summed E-state index contributed by atoms with van der Waals surface area (Å²) in [6.07, 6.45) is 5.35. The quantitative estimate of drug-likeness (QED) is 0.572. The molecule has 0 radical (unpaired) electrons. The van der Waals surface area contributed by atoms with E-state index >= 15 is 0 Å². The van der Waals surface area contributed by atoms with Crippen LogP contribution in [0.2, 0.25) is 0 Å². The van der Waals surface area contributed by atoms with Gasteiger partial charge in [0.05, 0.1) is 12.6 Å². The summed E-state index contributed by atoms with van der Waals surface area (Å²) in [6, 6.07) is 4.76. The van der Waals surface area contributed by atoms with Crippen molar-refractivity contribution in [3.8, 4) is 0 Å². The van der Waals surface area contributed by atoms with Crippen molar-refractivity contribution < 1.29 is 27.6 Å². The largest absolute Gasteiger partial charge is 0.340 e. The van der Waals surface area contributed by atoms with Crippen molar-refractivity contribution in [1.82, 2.24) is 14.5 Å². The minimum atomic E-state index is -4.29. The molecule has 2 saturated heterocycles. The van der Waals surface area contributed by atoms with E-state index in [1.807, 2.05) is 12.1 Å². The Kier molecular flexibility index (Phi) is 7.09. The summed E-state index contributed by atoms with van der Waals surface area (Å²) in [5.74, 6) is -1.45. The topological polar surface area (TPSA) is 133 Å². The van der Waals surface area contributed by atoms with Crippen LogP contribution in [0.15, 0.2) is 41.5 Å². The van der Waals surface area contributed by atoms with E-state index < -0.39 is 51.3 Å². The fraction of sp³-hybridized carbons (Fsp3) is 0.536. The van der Waals surface area contributed by atoms with Gasteiger partial charge in [-0.1, -0.05) is 51.8 Å². The van der Waals surface area contributed by atoms with E-state index in [4.69, 9.17) is 0 Å². The van der Waals surface area contributed by atoms with Crippen LogP contribution in [0, 0.1) is 5.92 Å². The van der Waals surface area contributed by atoms with E-state index in [1.165, 1.54) is 17.2 Å². The fourth-order valence-electron chi connectivity index (χ4n) is 5.57. The van der Waals surface area contributed by atoms with Crippen LogP contribution in [-0.4, -0.2) is 77.3 Å². The molecule has 3 heterocycles. The highest BCUT2D eigenvalue weighted by atomic mass is 32.2. The number of allylic oxidation sites excluding steroid dienone is 1. The molecule has 3 aliphatic heterocycles. The highest BCUT2D eigenvalue weighted by Crippen LogP contribution is 2.36. The molecule has 39 heavy (non-hydrogen) atoms. The van der Waals surface area contributed by atoms with Gasteiger partial charge < -0.3 is 10.2 Å². The number of Topliss-reactive ketones (excluding diaryl/α,β-unsaturated/α-hetero) is 2. The first-order valence-corrected chi connectivity index (χ1v) is 14.8. The van der Waals surface area contributed by atoms with Crippen molar-refractivity contribution in [3.05, 3.63) is 47.7 Å². The fourth-order valence-corrected chi connectivity index (χ4v) is 7.24. The van der Waals surface area contributed by atoms with E-state index in [-0.39, 0.29) is 36.6 Å². The molecule has 4 aliphatic rings. The number of hydrogen-bond acceptors (Lipinski definition) is 7. The number of carbonyl (C=O) groups is 4. The van der Waals surface area contributed by atoms with Crippen molar-refractivity contribution in [2.24, 2.45) is 10.9 Å². The van der Waals surface area contributed by atoms with E-state index in [1.54, 1.807) is 12.1 Å². The zero-order valence-corrected chi connectivity index (χ0v) is 23.2. The summed E-state index contributed by atoms with van der Waals surface area (Å²) < 4.78 is 27.6. The van der Waals surface area contributed by atoms with Crippen molar-refractivity contribution in [1.29, 1.82) is 0 Å². The van der Waals surface area contributed by atoms with E-state index in [0.717, 1.165) is 22.7 Å². The molecule has 1 saturated carbocycles. The number of fused-ring (bicyclic) bond motifs is 1. The number of likely N-dealkylation sites (tertiary alicyclic amines) is 1. The lowest BCUT2D eigenvalue weighted by Gasteiger charge is -2.28. The Bertz CT molecular complexity index is 1370. The molecular weight excluding hydrogens is 520 g/mol. The molecule has 5 rings (SSSR count). The number of carbonyl (C=O) groups excluding carboxylic acids is 4. The number of amides is 2. The second-order valence-electron chi connectivity index (χ2n) is 11.8. The van der Waals surface area contributed by atoms with Crippen molar-refractivity contribution >= 4 is 38.4 Å². The zero-order chi connectivity index (χ0) is 28.1. The number of rotatable bonds is 6. The van der Waals surface area contributed by atoms with Crippen molar-refractivity contribution in [2.75, 3.05) is 13.1 Å². The first-order valence-electron chi connectivity index (χ1n) is 13.4. The summed E-state index contributed by atoms with van der Waals surface area (Å²) in [7, 11) is -4.29. The standard InChI is InChI=1S/C28H34N4O6S/c1-28(2,3)19-10-8-18(9-11-19)25(35)30-20(15-17-6-7-17)27(36)31-14-12-21-24(31)23(34)16-32(21)39(37,38)26-22(33)5-4-13-29-26/h4,8-11,13,17,20-21,24H,5-7,12,14-16H2,1-3H3,(H,30,35). The second kappa shape index (κ2) is 10.1. The van der Waals surface area contributed by atoms with Crippen LogP contribution in [0.25, 0.3) is 0 Å². The predicted molar refractivity (Wildman–Crippen MR) is 144 cm³/mol. The van der Waals surface area contributed by atoms with Crippen LogP contribution in [0.1, 0.15) is 68.8 Å². The van der Waals surface area contributed by atoms with Crippen LogP contribution in [-0.2, 0) is 29.8 Å². The molecule has 1 aliphatic carbocycles. The van der Waals surface area contributed by atoms with Crippen LogP contribution in [0.5, 0.6) is 0 Å². The molecule has 2 amide bonds. The van der Waals surface area contributed by atoms with Crippen LogP contribution >= 0.6 is 0 Å². The molecule has 3 unspecified atom stereocenters. The van der Waals surface area contributed by atoms with Crippen LogP contribution < -0.4 is 5.32 Å².